The van der Waals surface area contributed by atoms with Gasteiger partial charge in [-0.05, 0) is 24.8 Å². The maximum absolute atomic E-state index is 12.7. The maximum Gasteiger partial charge on any atom is 0.245 e. The van der Waals surface area contributed by atoms with E-state index in [1.807, 2.05) is 43.9 Å². The van der Waals surface area contributed by atoms with Crippen molar-refractivity contribution in [1.29, 1.82) is 0 Å². The van der Waals surface area contributed by atoms with E-state index in [-0.39, 0.29) is 23.8 Å². The maximum atomic E-state index is 12.7. The third-order valence-corrected chi connectivity index (χ3v) is 4.03. The molecule has 0 saturated carbocycles. The second kappa shape index (κ2) is 6.74. The second-order valence-corrected chi connectivity index (χ2v) is 6.11. The van der Waals surface area contributed by atoms with Gasteiger partial charge >= 0.3 is 0 Å². The lowest BCUT2D eigenvalue weighted by atomic mass is 10.0. The molecule has 114 valence electrons. The first kappa shape index (κ1) is 15.5. The minimum Gasteiger partial charge on any atom is -0.344 e. The summed E-state index contributed by atoms with van der Waals surface area (Å²) in [7, 11) is 0. The third-order valence-electron chi connectivity index (χ3n) is 4.03. The van der Waals surface area contributed by atoms with Gasteiger partial charge in [-0.2, -0.15) is 0 Å². The van der Waals surface area contributed by atoms with Crippen molar-refractivity contribution >= 4 is 11.8 Å². The predicted molar refractivity (Wildman–Crippen MR) is 82.7 cm³/mol. The molecule has 0 bridgehead atoms. The summed E-state index contributed by atoms with van der Waals surface area (Å²) in [5.41, 5.74) is 1.21. The quantitative estimate of drug-likeness (QED) is 0.921. The fourth-order valence-corrected chi connectivity index (χ4v) is 2.75. The van der Waals surface area contributed by atoms with E-state index in [1.54, 1.807) is 0 Å². The Morgan fingerprint density at radius 3 is 2.52 bits per heavy atom. The lowest BCUT2D eigenvalue weighted by molar-refractivity contribution is -0.136. The van der Waals surface area contributed by atoms with Gasteiger partial charge in [0.15, 0.2) is 0 Å². The molecule has 2 amide bonds. The Morgan fingerprint density at radius 2 is 1.90 bits per heavy atom. The van der Waals surface area contributed by atoms with Gasteiger partial charge in [0.25, 0.3) is 0 Å². The van der Waals surface area contributed by atoms with E-state index < -0.39 is 6.04 Å². The summed E-state index contributed by atoms with van der Waals surface area (Å²) in [6.07, 6.45) is 1.19. The average Bonchev–Trinajstić information content (AvgIpc) is 2.55. The number of nitrogens with zero attached hydrogens (tertiary/aromatic N) is 1. The van der Waals surface area contributed by atoms with Gasteiger partial charge in [-0.1, -0.05) is 44.2 Å². The molecule has 4 heteroatoms. The van der Waals surface area contributed by atoms with Crippen molar-refractivity contribution in [3.63, 3.8) is 0 Å². The van der Waals surface area contributed by atoms with Crippen LogP contribution in [-0.2, 0) is 16.0 Å². The minimum absolute atomic E-state index is 0.0308. The van der Waals surface area contributed by atoms with Crippen LogP contribution in [0, 0.1) is 5.92 Å². The molecule has 1 aliphatic heterocycles. The molecule has 21 heavy (non-hydrogen) atoms. The number of rotatable bonds is 4. The molecule has 1 N–H and O–H groups in total. The molecule has 4 nitrogen and oxygen atoms in total. The van der Waals surface area contributed by atoms with Crippen LogP contribution < -0.4 is 5.32 Å². The highest BCUT2D eigenvalue weighted by Gasteiger charge is 2.35. The molecule has 2 unspecified atom stereocenters. The summed E-state index contributed by atoms with van der Waals surface area (Å²) in [5, 5.41) is 2.86. The van der Waals surface area contributed by atoms with E-state index in [9.17, 15) is 9.59 Å². The van der Waals surface area contributed by atoms with Gasteiger partial charge < -0.3 is 10.2 Å². The van der Waals surface area contributed by atoms with Gasteiger partial charge in [-0.25, -0.2) is 0 Å². The zero-order valence-corrected chi connectivity index (χ0v) is 13.0. The standard InChI is InChI=1S/C17H24N2O2/c1-12(2)16-17(21)19(13(3)11-15(20)18-16)10-9-14-7-5-4-6-8-14/h4-8,12-13,16H,9-11H2,1-3H3,(H,18,20). The van der Waals surface area contributed by atoms with Crippen molar-refractivity contribution in [2.45, 2.75) is 45.7 Å². The monoisotopic (exact) mass is 288 g/mol. The average molecular weight is 288 g/mol. The molecule has 1 heterocycles. The summed E-state index contributed by atoms with van der Waals surface area (Å²) in [5.74, 6) is 0.113. The molecule has 2 atom stereocenters. The summed E-state index contributed by atoms with van der Waals surface area (Å²) >= 11 is 0. The highest BCUT2D eigenvalue weighted by Crippen LogP contribution is 2.16. The van der Waals surface area contributed by atoms with E-state index in [1.165, 1.54) is 5.56 Å². The second-order valence-electron chi connectivity index (χ2n) is 6.11. The van der Waals surface area contributed by atoms with E-state index in [2.05, 4.69) is 17.4 Å². The first-order valence-corrected chi connectivity index (χ1v) is 7.63. The van der Waals surface area contributed by atoms with Crippen molar-refractivity contribution < 1.29 is 9.59 Å². The Hall–Kier alpha value is -1.84. The Bertz CT molecular complexity index is 499. The van der Waals surface area contributed by atoms with Crippen LogP contribution in [0.2, 0.25) is 0 Å². The van der Waals surface area contributed by atoms with Crippen LogP contribution in [0.4, 0.5) is 0 Å². The highest BCUT2D eigenvalue weighted by atomic mass is 16.2. The summed E-state index contributed by atoms with van der Waals surface area (Å²) in [6.45, 7) is 6.54. The van der Waals surface area contributed by atoms with Crippen LogP contribution in [0.3, 0.4) is 0 Å². The molecular weight excluding hydrogens is 264 g/mol. The van der Waals surface area contributed by atoms with Gasteiger partial charge in [-0.15, -0.1) is 0 Å². The van der Waals surface area contributed by atoms with Crippen LogP contribution >= 0.6 is 0 Å². The molecule has 2 rings (SSSR count). The van der Waals surface area contributed by atoms with E-state index in [4.69, 9.17) is 0 Å². The molecule has 0 aromatic heterocycles. The van der Waals surface area contributed by atoms with Crippen molar-refractivity contribution in [2.75, 3.05) is 6.54 Å². The molecule has 0 spiro atoms. The summed E-state index contributed by atoms with van der Waals surface area (Å²) in [6, 6.07) is 9.67. The summed E-state index contributed by atoms with van der Waals surface area (Å²) < 4.78 is 0. The number of hydrogen-bond donors (Lipinski definition) is 1. The van der Waals surface area contributed by atoms with E-state index in [0.29, 0.717) is 13.0 Å². The lowest BCUT2D eigenvalue weighted by Crippen LogP contribution is -2.49. The molecule has 0 radical (unpaired) electrons. The number of amides is 2. The van der Waals surface area contributed by atoms with Crippen LogP contribution in [0.1, 0.15) is 32.8 Å². The zero-order valence-electron chi connectivity index (χ0n) is 13.0. The first-order chi connectivity index (χ1) is 9.99. The third kappa shape index (κ3) is 3.84. The first-order valence-electron chi connectivity index (χ1n) is 7.63. The number of hydrogen-bond acceptors (Lipinski definition) is 2. The van der Waals surface area contributed by atoms with Gasteiger partial charge in [-0.3, -0.25) is 9.59 Å². The number of carbonyl (C=O) groups excluding carboxylic acids is 2. The van der Waals surface area contributed by atoms with Crippen molar-refractivity contribution in [2.24, 2.45) is 5.92 Å². The molecule has 1 fully saturated rings. The minimum atomic E-state index is -0.404. The molecule has 1 saturated heterocycles. The Morgan fingerprint density at radius 1 is 1.24 bits per heavy atom. The van der Waals surface area contributed by atoms with Crippen LogP contribution in [0.25, 0.3) is 0 Å². The number of nitrogens with one attached hydrogen (secondary N) is 1. The summed E-state index contributed by atoms with van der Waals surface area (Å²) in [4.78, 5) is 26.4. The smallest absolute Gasteiger partial charge is 0.245 e. The molecular formula is C17H24N2O2. The molecule has 0 aliphatic carbocycles. The lowest BCUT2D eigenvalue weighted by Gasteiger charge is -2.30. The van der Waals surface area contributed by atoms with Crippen LogP contribution in [0.5, 0.6) is 0 Å². The normalized spacial score (nSPS) is 23.1. The van der Waals surface area contributed by atoms with Gasteiger partial charge in [0, 0.05) is 19.0 Å². The Kier molecular flexibility index (Phi) is 4.99. The Balaban J connectivity index is 2.11. The number of benzene rings is 1. The molecule has 1 aromatic rings. The van der Waals surface area contributed by atoms with Crippen molar-refractivity contribution in [3.8, 4) is 0 Å². The van der Waals surface area contributed by atoms with Crippen LogP contribution in [-0.4, -0.2) is 35.3 Å². The van der Waals surface area contributed by atoms with Crippen molar-refractivity contribution in [1.82, 2.24) is 10.2 Å². The fourth-order valence-electron chi connectivity index (χ4n) is 2.75. The molecule has 1 aromatic carbocycles. The van der Waals surface area contributed by atoms with Crippen molar-refractivity contribution in [3.05, 3.63) is 35.9 Å². The SMILES string of the molecule is CC(C)C1NC(=O)CC(C)N(CCc2ccccc2)C1=O. The fraction of sp³-hybridized carbons (Fsp3) is 0.529. The largest absolute Gasteiger partial charge is 0.344 e. The molecule has 1 aliphatic rings. The number of carbonyl (C=O) groups is 2. The van der Waals surface area contributed by atoms with Gasteiger partial charge in [0.2, 0.25) is 11.8 Å². The van der Waals surface area contributed by atoms with E-state index in [0.717, 1.165) is 6.42 Å². The van der Waals surface area contributed by atoms with Gasteiger partial charge in [0.1, 0.15) is 6.04 Å². The zero-order chi connectivity index (χ0) is 15.4. The van der Waals surface area contributed by atoms with E-state index >= 15 is 0 Å². The van der Waals surface area contributed by atoms with Gasteiger partial charge in [0.05, 0.1) is 0 Å². The topological polar surface area (TPSA) is 49.4 Å². The highest BCUT2D eigenvalue weighted by molar-refractivity contribution is 5.90. The Labute approximate surface area is 126 Å². The predicted octanol–water partition coefficient (Wildman–Crippen LogP) is 1.99. The van der Waals surface area contributed by atoms with Crippen LogP contribution in [0.15, 0.2) is 30.3 Å².